The first-order valence-electron chi connectivity index (χ1n) is 8.14. The number of aromatic nitrogens is 1. The molecule has 1 atom stereocenters. The largest absolute Gasteiger partial charge is 0.441 e. The molecule has 0 aliphatic carbocycles. The summed E-state index contributed by atoms with van der Waals surface area (Å²) in [5.74, 6) is 0.562. The number of hydrogen-bond acceptors (Lipinski definition) is 4. The minimum absolute atomic E-state index is 0.0294. The van der Waals surface area contributed by atoms with E-state index >= 15 is 0 Å². The van der Waals surface area contributed by atoms with Crippen LogP contribution in [0.25, 0.3) is 11.1 Å². The first kappa shape index (κ1) is 16.1. The second-order valence-corrected chi connectivity index (χ2v) is 6.51. The minimum atomic E-state index is -0.147. The van der Waals surface area contributed by atoms with Gasteiger partial charge in [-0.1, -0.05) is 23.7 Å². The van der Waals surface area contributed by atoms with Crippen LogP contribution >= 0.6 is 11.6 Å². The molecule has 0 N–H and O–H groups in total. The molecule has 1 amide bonds. The van der Waals surface area contributed by atoms with E-state index in [9.17, 15) is 4.79 Å². The summed E-state index contributed by atoms with van der Waals surface area (Å²) in [6, 6.07) is 12.9. The zero-order valence-corrected chi connectivity index (χ0v) is 14.5. The molecule has 0 bridgehead atoms. The number of morpholine rings is 1. The molecule has 3 aromatic rings. The molecule has 128 valence electrons. The summed E-state index contributed by atoms with van der Waals surface area (Å²) < 4.78 is 11.4. The van der Waals surface area contributed by atoms with E-state index in [1.54, 1.807) is 19.1 Å². The van der Waals surface area contributed by atoms with Gasteiger partial charge in [-0.2, -0.15) is 0 Å². The molecule has 0 radical (unpaired) electrons. The predicted octanol–water partition coefficient (Wildman–Crippen LogP) is 4.00. The molecule has 1 saturated heterocycles. The number of hydrogen-bond donors (Lipinski definition) is 0. The number of nitrogens with zero attached hydrogens (tertiary/aromatic N) is 2. The van der Waals surface area contributed by atoms with Crippen LogP contribution in [0, 0.1) is 6.92 Å². The third-order valence-electron chi connectivity index (χ3n) is 4.34. The fraction of sp³-hybridized carbons (Fsp3) is 0.263. The van der Waals surface area contributed by atoms with E-state index < -0.39 is 0 Å². The molecule has 1 aliphatic heterocycles. The number of carbonyl (C=O) groups excluding carboxylic acids is 1. The normalized spacial score (nSPS) is 17.8. The summed E-state index contributed by atoms with van der Waals surface area (Å²) in [6.07, 6.45) is -0.147. The van der Waals surface area contributed by atoms with Crippen molar-refractivity contribution in [1.82, 2.24) is 9.88 Å². The summed E-state index contributed by atoms with van der Waals surface area (Å²) in [6.45, 7) is 3.37. The zero-order chi connectivity index (χ0) is 17.4. The number of halogens is 1. The van der Waals surface area contributed by atoms with E-state index in [0.29, 0.717) is 41.8 Å². The van der Waals surface area contributed by atoms with Gasteiger partial charge < -0.3 is 14.1 Å². The van der Waals surface area contributed by atoms with Crippen LogP contribution < -0.4 is 0 Å². The van der Waals surface area contributed by atoms with Crippen molar-refractivity contribution in [3.05, 3.63) is 64.5 Å². The molecular weight excluding hydrogens is 340 g/mol. The number of oxazole rings is 1. The van der Waals surface area contributed by atoms with E-state index in [0.717, 1.165) is 11.1 Å². The Morgan fingerprint density at radius 3 is 2.84 bits per heavy atom. The molecule has 1 fully saturated rings. The summed E-state index contributed by atoms with van der Waals surface area (Å²) in [4.78, 5) is 18.9. The van der Waals surface area contributed by atoms with Crippen molar-refractivity contribution >= 4 is 28.6 Å². The van der Waals surface area contributed by atoms with Gasteiger partial charge in [0.15, 0.2) is 11.5 Å². The maximum absolute atomic E-state index is 12.9. The Bertz CT molecular complexity index is 920. The highest BCUT2D eigenvalue weighted by molar-refractivity contribution is 6.30. The monoisotopic (exact) mass is 356 g/mol. The standard InChI is InChI=1S/C19H17ClN2O3/c1-12-21-16-7-4-14(10-17(16)25-12)19(23)22-8-9-24-18(11-22)13-2-5-15(20)6-3-13/h2-7,10,18H,8-9,11H2,1H3/t18-/m1/s1. The highest BCUT2D eigenvalue weighted by atomic mass is 35.5. The van der Waals surface area contributed by atoms with Crippen molar-refractivity contribution < 1.29 is 13.9 Å². The number of carbonyl (C=O) groups is 1. The van der Waals surface area contributed by atoms with Gasteiger partial charge in [-0.15, -0.1) is 0 Å². The number of benzene rings is 2. The van der Waals surface area contributed by atoms with Crippen molar-refractivity contribution in [2.45, 2.75) is 13.0 Å². The Labute approximate surface area is 150 Å². The van der Waals surface area contributed by atoms with E-state index in [1.165, 1.54) is 0 Å². The van der Waals surface area contributed by atoms with Crippen molar-refractivity contribution in [3.63, 3.8) is 0 Å². The first-order valence-corrected chi connectivity index (χ1v) is 8.51. The van der Waals surface area contributed by atoms with Gasteiger partial charge in [-0.25, -0.2) is 4.98 Å². The van der Waals surface area contributed by atoms with Gasteiger partial charge >= 0.3 is 0 Å². The van der Waals surface area contributed by atoms with Gasteiger partial charge in [0.05, 0.1) is 13.2 Å². The van der Waals surface area contributed by atoms with Gasteiger partial charge in [0.25, 0.3) is 5.91 Å². The second kappa shape index (κ2) is 6.50. The van der Waals surface area contributed by atoms with Gasteiger partial charge in [0, 0.05) is 24.1 Å². The molecule has 0 saturated carbocycles. The van der Waals surface area contributed by atoms with Crippen molar-refractivity contribution in [2.75, 3.05) is 19.7 Å². The Hall–Kier alpha value is -2.37. The lowest BCUT2D eigenvalue weighted by Gasteiger charge is -2.33. The van der Waals surface area contributed by atoms with Gasteiger partial charge in [0.1, 0.15) is 11.6 Å². The number of fused-ring (bicyclic) bond motifs is 1. The van der Waals surface area contributed by atoms with E-state index in [2.05, 4.69) is 4.98 Å². The summed E-state index contributed by atoms with van der Waals surface area (Å²) in [5, 5.41) is 0.683. The quantitative estimate of drug-likeness (QED) is 0.696. The number of ether oxygens (including phenoxy) is 1. The third kappa shape index (κ3) is 3.25. The molecule has 0 unspecified atom stereocenters. The van der Waals surface area contributed by atoms with E-state index in [1.807, 2.05) is 35.2 Å². The number of aryl methyl sites for hydroxylation is 1. The molecule has 0 spiro atoms. The molecule has 25 heavy (non-hydrogen) atoms. The average Bonchev–Trinajstić information content (AvgIpc) is 3.01. The summed E-state index contributed by atoms with van der Waals surface area (Å²) in [5.41, 5.74) is 3.00. The maximum Gasteiger partial charge on any atom is 0.254 e. The lowest BCUT2D eigenvalue weighted by atomic mass is 10.1. The van der Waals surface area contributed by atoms with Gasteiger partial charge in [0.2, 0.25) is 0 Å². The Kier molecular flexibility index (Phi) is 4.19. The van der Waals surface area contributed by atoms with Crippen LogP contribution in [0.1, 0.15) is 27.9 Å². The smallest absolute Gasteiger partial charge is 0.254 e. The molecule has 1 aromatic heterocycles. The summed E-state index contributed by atoms with van der Waals surface area (Å²) >= 11 is 5.94. The van der Waals surface area contributed by atoms with Gasteiger partial charge in [-0.3, -0.25) is 4.79 Å². The van der Waals surface area contributed by atoms with Crippen LogP contribution in [0.15, 0.2) is 46.9 Å². The fourth-order valence-corrected chi connectivity index (χ4v) is 3.19. The predicted molar refractivity (Wildman–Crippen MR) is 94.8 cm³/mol. The van der Waals surface area contributed by atoms with Crippen LogP contribution in [-0.4, -0.2) is 35.5 Å². The van der Waals surface area contributed by atoms with Crippen molar-refractivity contribution in [3.8, 4) is 0 Å². The maximum atomic E-state index is 12.9. The Morgan fingerprint density at radius 1 is 1.24 bits per heavy atom. The SMILES string of the molecule is Cc1nc2ccc(C(=O)N3CCO[C@@H](c4ccc(Cl)cc4)C3)cc2o1. The van der Waals surface area contributed by atoms with Crippen LogP contribution in [0.3, 0.4) is 0 Å². The zero-order valence-electron chi connectivity index (χ0n) is 13.7. The molecule has 6 heteroatoms. The molecule has 1 aliphatic rings. The minimum Gasteiger partial charge on any atom is -0.441 e. The number of rotatable bonds is 2. The van der Waals surface area contributed by atoms with Crippen LogP contribution in [0.5, 0.6) is 0 Å². The van der Waals surface area contributed by atoms with E-state index in [-0.39, 0.29) is 12.0 Å². The highest BCUT2D eigenvalue weighted by Crippen LogP contribution is 2.25. The average molecular weight is 357 g/mol. The van der Waals surface area contributed by atoms with Crippen molar-refractivity contribution in [2.24, 2.45) is 0 Å². The van der Waals surface area contributed by atoms with Crippen molar-refractivity contribution in [1.29, 1.82) is 0 Å². The lowest BCUT2D eigenvalue weighted by Crippen LogP contribution is -2.42. The lowest BCUT2D eigenvalue weighted by molar-refractivity contribution is -0.0228. The molecule has 5 nitrogen and oxygen atoms in total. The molecule has 4 rings (SSSR count). The van der Waals surface area contributed by atoms with Gasteiger partial charge in [-0.05, 0) is 35.9 Å². The molecule has 2 heterocycles. The Morgan fingerprint density at radius 2 is 2.04 bits per heavy atom. The van der Waals surface area contributed by atoms with E-state index in [4.69, 9.17) is 20.8 Å². The second-order valence-electron chi connectivity index (χ2n) is 6.08. The van der Waals surface area contributed by atoms with Crippen LogP contribution in [0.2, 0.25) is 5.02 Å². The number of amides is 1. The molecular formula is C19H17ClN2O3. The Balaban J connectivity index is 1.55. The summed E-state index contributed by atoms with van der Waals surface area (Å²) in [7, 11) is 0. The van der Waals surface area contributed by atoms with Crippen LogP contribution in [0.4, 0.5) is 0 Å². The topological polar surface area (TPSA) is 55.6 Å². The highest BCUT2D eigenvalue weighted by Gasteiger charge is 2.26. The fourth-order valence-electron chi connectivity index (χ4n) is 3.07. The first-order chi connectivity index (χ1) is 12.1. The van der Waals surface area contributed by atoms with Crippen LogP contribution in [-0.2, 0) is 4.74 Å². The third-order valence-corrected chi connectivity index (χ3v) is 4.59. The molecule has 2 aromatic carbocycles.